The molecule has 0 bridgehead atoms. The van der Waals surface area contributed by atoms with E-state index in [4.69, 9.17) is 5.73 Å². The van der Waals surface area contributed by atoms with Crippen molar-refractivity contribution < 1.29 is 4.79 Å². The fraction of sp³-hybridized carbons (Fsp3) is 0.400. The van der Waals surface area contributed by atoms with Crippen LogP contribution in [-0.2, 0) is 24.7 Å². The highest BCUT2D eigenvalue weighted by molar-refractivity contribution is 5.85. The molecule has 118 valence electrons. The third-order valence-electron chi connectivity index (χ3n) is 3.90. The Morgan fingerprint density at radius 2 is 2.27 bits per heavy atom. The minimum absolute atomic E-state index is 0. The maximum absolute atomic E-state index is 12.2. The summed E-state index contributed by atoms with van der Waals surface area (Å²) < 4.78 is 1.90. The van der Waals surface area contributed by atoms with E-state index >= 15 is 0 Å². The normalized spacial score (nSPS) is 16.5. The second kappa shape index (κ2) is 6.79. The molecule has 22 heavy (non-hydrogen) atoms. The summed E-state index contributed by atoms with van der Waals surface area (Å²) in [5, 5.41) is 7.38. The van der Waals surface area contributed by atoms with Crippen LogP contribution in [-0.4, -0.2) is 20.7 Å². The van der Waals surface area contributed by atoms with Crippen molar-refractivity contribution in [3.63, 3.8) is 0 Å². The van der Waals surface area contributed by atoms with Crippen LogP contribution in [0.2, 0.25) is 0 Å². The second-order valence-corrected chi connectivity index (χ2v) is 5.44. The monoisotopic (exact) mass is 321 g/mol. The molecular weight excluding hydrogens is 302 g/mol. The molecule has 3 N–H and O–H groups in total. The van der Waals surface area contributed by atoms with E-state index in [1.165, 1.54) is 5.69 Å². The van der Waals surface area contributed by atoms with Gasteiger partial charge in [0.25, 0.3) is 0 Å². The Labute approximate surface area is 135 Å². The number of halogens is 1. The molecule has 7 heteroatoms. The Morgan fingerprint density at radius 3 is 3.00 bits per heavy atom. The summed E-state index contributed by atoms with van der Waals surface area (Å²) in [6.07, 6.45) is 6.75. The fourth-order valence-electron chi connectivity index (χ4n) is 2.81. The number of fused-ring (bicyclic) bond motifs is 1. The van der Waals surface area contributed by atoms with E-state index in [9.17, 15) is 4.79 Å². The predicted octanol–water partition coefficient (Wildman–Crippen LogP) is 1.56. The average Bonchev–Trinajstić information content (AvgIpc) is 2.84. The lowest BCUT2D eigenvalue weighted by atomic mass is 9.93. The van der Waals surface area contributed by atoms with Gasteiger partial charge in [-0.25, -0.2) is 0 Å². The Balaban J connectivity index is 0.00000176. The SMILES string of the molecule is Cl.Cn1ncc2c1CCCC2NC(=O)Cc1ccc(N)cn1. The first-order chi connectivity index (χ1) is 10.1. The summed E-state index contributed by atoms with van der Waals surface area (Å²) in [6, 6.07) is 3.60. The van der Waals surface area contributed by atoms with Gasteiger partial charge in [-0.3, -0.25) is 14.5 Å². The molecule has 2 aromatic rings. The lowest BCUT2D eigenvalue weighted by molar-refractivity contribution is -0.121. The number of nitrogens with two attached hydrogens (primary N) is 1. The molecular formula is C15H20ClN5O. The molecule has 3 rings (SSSR count). The maximum atomic E-state index is 12.2. The van der Waals surface area contributed by atoms with E-state index in [-0.39, 0.29) is 30.8 Å². The lowest BCUT2D eigenvalue weighted by Gasteiger charge is -2.23. The van der Waals surface area contributed by atoms with E-state index in [1.807, 2.05) is 17.9 Å². The third kappa shape index (κ3) is 3.39. The first-order valence-electron chi connectivity index (χ1n) is 7.14. The number of aryl methyl sites for hydroxylation is 1. The van der Waals surface area contributed by atoms with Crippen LogP contribution in [0.1, 0.15) is 35.8 Å². The van der Waals surface area contributed by atoms with Gasteiger partial charge in [0.1, 0.15) is 0 Å². The van der Waals surface area contributed by atoms with E-state index in [1.54, 1.807) is 18.3 Å². The highest BCUT2D eigenvalue weighted by Gasteiger charge is 2.24. The van der Waals surface area contributed by atoms with Crippen LogP contribution in [0.4, 0.5) is 5.69 Å². The minimum Gasteiger partial charge on any atom is -0.397 e. The van der Waals surface area contributed by atoms with E-state index in [0.29, 0.717) is 5.69 Å². The van der Waals surface area contributed by atoms with E-state index in [2.05, 4.69) is 15.4 Å². The molecule has 2 aromatic heterocycles. The number of rotatable bonds is 3. The summed E-state index contributed by atoms with van der Waals surface area (Å²) in [4.78, 5) is 16.3. The largest absolute Gasteiger partial charge is 0.397 e. The number of pyridine rings is 1. The molecule has 0 spiro atoms. The lowest BCUT2D eigenvalue weighted by Crippen LogP contribution is -2.32. The number of amides is 1. The topological polar surface area (TPSA) is 85.8 Å². The van der Waals surface area contributed by atoms with Gasteiger partial charge in [-0.05, 0) is 31.4 Å². The quantitative estimate of drug-likeness (QED) is 0.898. The molecule has 0 saturated carbocycles. The van der Waals surface area contributed by atoms with Crippen molar-refractivity contribution >= 4 is 24.0 Å². The van der Waals surface area contributed by atoms with Gasteiger partial charge >= 0.3 is 0 Å². The van der Waals surface area contributed by atoms with Gasteiger partial charge in [-0.15, -0.1) is 12.4 Å². The zero-order valence-electron chi connectivity index (χ0n) is 12.5. The third-order valence-corrected chi connectivity index (χ3v) is 3.90. The highest BCUT2D eigenvalue weighted by atomic mass is 35.5. The van der Waals surface area contributed by atoms with Crippen LogP contribution in [0.15, 0.2) is 24.5 Å². The molecule has 0 radical (unpaired) electrons. The van der Waals surface area contributed by atoms with Crippen LogP contribution in [0.5, 0.6) is 0 Å². The molecule has 0 saturated heterocycles. The Morgan fingerprint density at radius 1 is 1.45 bits per heavy atom. The van der Waals surface area contributed by atoms with Gasteiger partial charge in [0.2, 0.25) is 5.91 Å². The Bertz CT molecular complexity index is 652. The zero-order valence-corrected chi connectivity index (χ0v) is 13.3. The van der Waals surface area contributed by atoms with Crippen molar-refractivity contribution in [2.45, 2.75) is 31.7 Å². The summed E-state index contributed by atoms with van der Waals surface area (Å²) in [5.41, 5.74) is 9.28. The van der Waals surface area contributed by atoms with Crippen LogP contribution in [0, 0.1) is 0 Å². The van der Waals surface area contributed by atoms with Gasteiger partial charge in [-0.2, -0.15) is 5.10 Å². The number of aromatic nitrogens is 3. The molecule has 1 unspecified atom stereocenters. The van der Waals surface area contributed by atoms with Gasteiger partial charge in [-0.1, -0.05) is 0 Å². The minimum atomic E-state index is -0.0195. The van der Waals surface area contributed by atoms with Crippen LogP contribution >= 0.6 is 12.4 Å². The molecule has 2 heterocycles. The molecule has 6 nitrogen and oxygen atoms in total. The number of nitrogens with one attached hydrogen (secondary N) is 1. The van der Waals surface area contributed by atoms with Crippen molar-refractivity contribution in [3.05, 3.63) is 41.5 Å². The fourth-order valence-corrected chi connectivity index (χ4v) is 2.81. The first-order valence-corrected chi connectivity index (χ1v) is 7.14. The molecule has 1 aliphatic rings. The first kappa shape index (κ1) is 16.3. The number of carbonyl (C=O) groups excluding carboxylic acids is 1. The maximum Gasteiger partial charge on any atom is 0.226 e. The van der Waals surface area contributed by atoms with Crippen molar-refractivity contribution in [1.82, 2.24) is 20.1 Å². The molecule has 0 aliphatic heterocycles. The van der Waals surface area contributed by atoms with Crippen LogP contribution < -0.4 is 11.1 Å². The smallest absolute Gasteiger partial charge is 0.226 e. The van der Waals surface area contributed by atoms with Crippen molar-refractivity contribution in [2.75, 3.05) is 5.73 Å². The molecule has 1 atom stereocenters. The predicted molar refractivity (Wildman–Crippen MR) is 86.6 cm³/mol. The van der Waals surface area contributed by atoms with E-state index < -0.39 is 0 Å². The molecule has 0 fully saturated rings. The number of nitrogens with zero attached hydrogens (tertiary/aromatic N) is 3. The number of anilines is 1. The van der Waals surface area contributed by atoms with Crippen molar-refractivity contribution in [1.29, 1.82) is 0 Å². The zero-order chi connectivity index (χ0) is 14.8. The molecule has 0 aromatic carbocycles. The summed E-state index contributed by atoms with van der Waals surface area (Å²) in [6.45, 7) is 0. The van der Waals surface area contributed by atoms with Crippen LogP contribution in [0.25, 0.3) is 0 Å². The van der Waals surface area contributed by atoms with Gasteiger partial charge in [0, 0.05) is 24.0 Å². The standard InChI is InChI=1S/C15H19N5O.ClH/c1-20-14-4-2-3-13(12(14)9-18-20)19-15(21)7-11-6-5-10(16)8-17-11;/h5-6,8-9,13H,2-4,7,16H2,1H3,(H,19,21);1H. The Kier molecular flexibility index (Phi) is 5.03. The van der Waals surface area contributed by atoms with Gasteiger partial charge in [0.05, 0.1) is 30.5 Å². The van der Waals surface area contributed by atoms with Crippen molar-refractivity contribution in [3.8, 4) is 0 Å². The van der Waals surface area contributed by atoms with Gasteiger partial charge < -0.3 is 11.1 Å². The molecule has 1 amide bonds. The number of hydrogen-bond acceptors (Lipinski definition) is 4. The second-order valence-electron chi connectivity index (χ2n) is 5.44. The van der Waals surface area contributed by atoms with Crippen molar-refractivity contribution in [2.24, 2.45) is 7.05 Å². The summed E-state index contributed by atoms with van der Waals surface area (Å²) in [5.74, 6) is -0.0195. The number of nitrogen functional groups attached to an aromatic ring is 1. The number of hydrogen-bond donors (Lipinski definition) is 2. The van der Waals surface area contributed by atoms with E-state index in [0.717, 1.165) is 30.5 Å². The number of carbonyl (C=O) groups is 1. The highest BCUT2D eigenvalue weighted by Crippen LogP contribution is 2.29. The average molecular weight is 322 g/mol. The molecule has 1 aliphatic carbocycles. The van der Waals surface area contributed by atoms with Gasteiger partial charge in [0.15, 0.2) is 0 Å². The summed E-state index contributed by atoms with van der Waals surface area (Å²) in [7, 11) is 1.95. The van der Waals surface area contributed by atoms with Crippen LogP contribution in [0.3, 0.4) is 0 Å². The summed E-state index contributed by atoms with van der Waals surface area (Å²) >= 11 is 0. The Hall–Kier alpha value is -2.08.